The van der Waals surface area contributed by atoms with Gasteiger partial charge in [0.05, 0.1) is 6.61 Å². The summed E-state index contributed by atoms with van der Waals surface area (Å²) in [5, 5.41) is 3.49. The molecular weight excluding hydrogens is 228 g/mol. The molecule has 0 bridgehead atoms. The van der Waals surface area contributed by atoms with Gasteiger partial charge in [-0.2, -0.15) is 4.37 Å². The van der Waals surface area contributed by atoms with Crippen molar-refractivity contribution in [2.45, 2.75) is 25.8 Å². The number of amides is 1. The topological polar surface area (TPSA) is 90.1 Å². The van der Waals surface area contributed by atoms with Crippen LogP contribution >= 0.6 is 11.5 Å². The van der Waals surface area contributed by atoms with Crippen molar-refractivity contribution < 1.29 is 9.53 Å². The molecule has 6 nitrogen and oxygen atoms in total. The fraction of sp³-hybridized carbons (Fsp3) is 0.667. The van der Waals surface area contributed by atoms with E-state index in [1.54, 1.807) is 0 Å². The molecule has 0 spiro atoms. The third-order valence-electron chi connectivity index (χ3n) is 1.93. The van der Waals surface area contributed by atoms with Crippen molar-refractivity contribution in [3.8, 4) is 0 Å². The normalized spacial score (nSPS) is 12.8. The van der Waals surface area contributed by atoms with E-state index in [2.05, 4.69) is 14.7 Å². The lowest BCUT2D eigenvalue weighted by molar-refractivity contribution is -0.119. The van der Waals surface area contributed by atoms with Crippen LogP contribution in [0.25, 0.3) is 0 Å². The molecule has 1 aromatic rings. The smallest absolute Gasteiger partial charge is 0.242 e. The Balaban J connectivity index is 2.66. The third-order valence-corrected chi connectivity index (χ3v) is 2.59. The number of ether oxygens (including phenoxy) is 1. The highest BCUT2D eigenvalue weighted by atomic mass is 32.1. The number of carbonyl (C=O) groups is 1. The Morgan fingerprint density at radius 1 is 1.62 bits per heavy atom. The van der Waals surface area contributed by atoms with E-state index in [0.717, 1.165) is 5.82 Å². The van der Waals surface area contributed by atoms with E-state index in [-0.39, 0.29) is 12.5 Å². The first-order valence-corrected chi connectivity index (χ1v) is 5.70. The number of aromatic nitrogens is 2. The first-order valence-electron chi connectivity index (χ1n) is 4.93. The molecule has 0 aliphatic carbocycles. The van der Waals surface area contributed by atoms with Gasteiger partial charge in [-0.3, -0.25) is 4.79 Å². The van der Waals surface area contributed by atoms with Gasteiger partial charge in [0.2, 0.25) is 11.0 Å². The number of nitrogens with zero attached hydrogens (tertiary/aromatic N) is 2. The second kappa shape index (κ2) is 5.76. The summed E-state index contributed by atoms with van der Waals surface area (Å²) in [5.74, 6) is 0.553. The van der Waals surface area contributed by atoms with E-state index in [0.29, 0.717) is 5.13 Å². The number of nitrogens with one attached hydrogen (secondary N) is 1. The number of primary amides is 1. The Bertz CT molecular complexity index is 353. The first kappa shape index (κ1) is 12.9. The van der Waals surface area contributed by atoms with Crippen LogP contribution in [0.15, 0.2) is 0 Å². The van der Waals surface area contributed by atoms with Crippen molar-refractivity contribution >= 4 is 22.6 Å². The molecule has 0 aromatic carbocycles. The highest BCUT2D eigenvalue weighted by Crippen LogP contribution is 2.17. The minimum atomic E-state index is -0.571. The number of carbonyl (C=O) groups excluding carboxylic acids is 1. The molecular formula is C9H16N4O2S. The summed E-state index contributed by atoms with van der Waals surface area (Å²) < 4.78 is 9.05. The second-order valence-electron chi connectivity index (χ2n) is 3.67. The van der Waals surface area contributed by atoms with E-state index in [1.165, 1.54) is 18.6 Å². The zero-order chi connectivity index (χ0) is 12.1. The number of nitrogens with two attached hydrogens (primary N) is 1. The molecule has 1 amide bonds. The van der Waals surface area contributed by atoms with Gasteiger partial charge in [0.15, 0.2) is 0 Å². The molecule has 7 heteroatoms. The van der Waals surface area contributed by atoms with Gasteiger partial charge in [-0.15, -0.1) is 0 Å². The molecule has 1 heterocycles. The Labute approximate surface area is 98.4 Å². The minimum absolute atomic E-state index is 0.214. The number of hydrogen-bond donors (Lipinski definition) is 2. The number of methoxy groups -OCH3 is 1. The van der Waals surface area contributed by atoms with Crippen LogP contribution in [0.2, 0.25) is 0 Å². The molecule has 1 aromatic heterocycles. The largest absolute Gasteiger partial charge is 0.382 e. The monoisotopic (exact) mass is 244 g/mol. The maximum absolute atomic E-state index is 11.1. The Morgan fingerprint density at radius 3 is 2.75 bits per heavy atom. The van der Waals surface area contributed by atoms with Gasteiger partial charge < -0.3 is 15.8 Å². The summed E-state index contributed by atoms with van der Waals surface area (Å²) in [6.07, 6.45) is 0. The third kappa shape index (κ3) is 3.42. The van der Waals surface area contributed by atoms with Gasteiger partial charge >= 0.3 is 0 Å². The summed E-state index contributed by atoms with van der Waals surface area (Å²) in [7, 11) is 1.51. The lowest BCUT2D eigenvalue weighted by Gasteiger charge is -2.12. The van der Waals surface area contributed by atoms with Crippen molar-refractivity contribution in [1.82, 2.24) is 9.36 Å². The van der Waals surface area contributed by atoms with Crippen LogP contribution in [-0.2, 0) is 9.53 Å². The first-order chi connectivity index (χ1) is 7.54. The van der Waals surface area contributed by atoms with E-state index in [1.807, 2.05) is 13.8 Å². The lowest BCUT2D eigenvalue weighted by atomic mass is 10.2. The van der Waals surface area contributed by atoms with E-state index >= 15 is 0 Å². The number of hydrogen-bond acceptors (Lipinski definition) is 6. The minimum Gasteiger partial charge on any atom is -0.382 e. The van der Waals surface area contributed by atoms with Gasteiger partial charge in [0.1, 0.15) is 11.9 Å². The van der Waals surface area contributed by atoms with Gasteiger partial charge in [-0.1, -0.05) is 13.8 Å². The predicted molar refractivity (Wildman–Crippen MR) is 62.5 cm³/mol. The van der Waals surface area contributed by atoms with Crippen molar-refractivity contribution in [1.29, 1.82) is 0 Å². The second-order valence-corrected chi connectivity index (χ2v) is 4.42. The zero-order valence-corrected chi connectivity index (χ0v) is 10.4. The fourth-order valence-electron chi connectivity index (χ4n) is 1.04. The number of anilines is 1. The Kier molecular flexibility index (Phi) is 4.63. The van der Waals surface area contributed by atoms with Crippen LogP contribution < -0.4 is 11.1 Å². The molecule has 0 saturated carbocycles. The van der Waals surface area contributed by atoms with Crippen molar-refractivity contribution in [2.24, 2.45) is 5.73 Å². The summed E-state index contributed by atoms with van der Waals surface area (Å²) >= 11 is 1.21. The summed E-state index contributed by atoms with van der Waals surface area (Å²) in [5.41, 5.74) is 5.21. The van der Waals surface area contributed by atoms with Crippen molar-refractivity contribution in [2.75, 3.05) is 19.0 Å². The zero-order valence-electron chi connectivity index (χ0n) is 9.56. The summed E-state index contributed by atoms with van der Waals surface area (Å²) in [6, 6.07) is -0.571. The molecule has 0 saturated heterocycles. The van der Waals surface area contributed by atoms with Crippen LogP contribution in [0.5, 0.6) is 0 Å². The van der Waals surface area contributed by atoms with Crippen LogP contribution in [0.3, 0.4) is 0 Å². The number of rotatable bonds is 6. The van der Waals surface area contributed by atoms with Crippen LogP contribution in [0.1, 0.15) is 25.6 Å². The van der Waals surface area contributed by atoms with Gasteiger partial charge in [-0.05, 0) is 0 Å². The molecule has 16 heavy (non-hydrogen) atoms. The Hall–Kier alpha value is -1.21. The lowest BCUT2D eigenvalue weighted by Crippen LogP contribution is -2.38. The Morgan fingerprint density at radius 2 is 2.31 bits per heavy atom. The molecule has 90 valence electrons. The van der Waals surface area contributed by atoms with Crippen LogP contribution in [-0.4, -0.2) is 35.0 Å². The molecule has 0 fully saturated rings. The molecule has 0 radical (unpaired) electrons. The molecule has 0 aliphatic rings. The fourth-order valence-corrected chi connectivity index (χ4v) is 1.80. The van der Waals surface area contributed by atoms with E-state index in [9.17, 15) is 4.79 Å². The van der Waals surface area contributed by atoms with Crippen molar-refractivity contribution in [3.05, 3.63) is 5.82 Å². The van der Waals surface area contributed by atoms with E-state index < -0.39 is 11.9 Å². The molecule has 3 N–H and O–H groups in total. The summed E-state index contributed by atoms with van der Waals surface area (Å²) in [4.78, 5) is 15.3. The van der Waals surface area contributed by atoms with Crippen LogP contribution in [0, 0.1) is 0 Å². The summed E-state index contributed by atoms with van der Waals surface area (Å²) in [6.45, 7) is 4.23. The van der Waals surface area contributed by atoms with Gasteiger partial charge in [0, 0.05) is 24.6 Å². The highest BCUT2D eigenvalue weighted by molar-refractivity contribution is 7.09. The quantitative estimate of drug-likeness (QED) is 0.763. The molecule has 0 unspecified atom stereocenters. The average Bonchev–Trinajstić information content (AvgIpc) is 2.65. The maximum atomic E-state index is 11.1. The molecule has 1 atom stereocenters. The van der Waals surface area contributed by atoms with Gasteiger partial charge in [0.25, 0.3) is 0 Å². The highest BCUT2D eigenvalue weighted by Gasteiger charge is 2.17. The van der Waals surface area contributed by atoms with E-state index in [4.69, 9.17) is 10.5 Å². The molecule has 1 rings (SSSR count). The van der Waals surface area contributed by atoms with Crippen LogP contribution in [0.4, 0.5) is 5.13 Å². The standard InChI is InChI=1S/C9H16N4O2S/c1-5(2)8-12-9(16-13-8)11-6(4-15-3)7(10)14/h5-6H,4H2,1-3H3,(H2,10,14)(H,11,12,13)/t6-/m1/s1. The molecule has 0 aliphatic heterocycles. The SMILES string of the molecule is COC[C@@H](Nc1nc(C(C)C)ns1)C(N)=O. The van der Waals surface area contributed by atoms with Crippen molar-refractivity contribution in [3.63, 3.8) is 0 Å². The average molecular weight is 244 g/mol. The maximum Gasteiger partial charge on any atom is 0.242 e. The van der Waals surface area contributed by atoms with Gasteiger partial charge in [-0.25, -0.2) is 4.98 Å². The predicted octanol–water partition coefficient (Wildman–Crippen LogP) is 0.574.